The molecule has 0 saturated carbocycles. The second kappa shape index (κ2) is 6.64. The number of aliphatic carboxylic acids is 1. The summed E-state index contributed by atoms with van der Waals surface area (Å²) in [4.78, 5) is 22.4. The highest BCUT2D eigenvalue weighted by atomic mass is 35.5. The van der Waals surface area contributed by atoms with Gasteiger partial charge in [0.15, 0.2) is 17.6 Å². The van der Waals surface area contributed by atoms with E-state index in [4.69, 9.17) is 31.3 Å². The van der Waals surface area contributed by atoms with Crippen molar-refractivity contribution in [1.29, 1.82) is 0 Å². The molecule has 0 spiro atoms. The van der Waals surface area contributed by atoms with Gasteiger partial charge in [-0.2, -0.15) is 0 Å². The Morgan fingerprint density at radius 2 is 2.05 bits per heavy atom. The number of amides is 1. The summed E-state index contributed by atoms with van der Waals surface area (Å²) in [5, 5.41) is 20.4. The number of carbonyl (C=O) groups excluding carboxylic acids is 1. The maximum Gasteiger partial charge on any atom is 0.332 e. The molecule has 3 N–H and O–H groups in total. The molecule has 0 radical (unpaired) electrons. The first kappa shape index (κ1) is 15.4. The van der Waals surface area contributed by atoms with Crippen LogP contribution in [-0.4, -0.2) is 48.0 Å². The Kier molecular flexibility index (Phi) is 4.87. The van der Waals surface area contributed by atoms with E-state index in [2.05, 4.69) is 5.32 Å². The zero-order chi connectivity index (χ0) is 15.4. The monoisotopic (exact) mass is 315 g/mol. The first-order chi connectivity index (χ1) is 9.99. The molecule has 1 aliphatic rings. The molecule has 0 fully saturated rings. The summed E-state index contributed by atoms with van der Waals surface area (Å²) < 4.78 is 10.7. The second-order valence-electron chi connectivity index (χ2n) is 4.38. The Hall–Kier alpha value is -1.99. The highest BCUT2D eigenvalue weighted by Crippen LogP contribution is 2.38. The number of aliphatic hydroxyl groups excluding tert-OH is 1. The van der Waals surface area contributed by atoms with Crippen molar-refractivity contribution in [2.24, 2.45) is 0 Å². The quantitative estimate of drug-likeness (QED) is 0.738. The Labute approximate surface area is 125 Å². The number of carboxylic acid groups (broad SMARTS) is 1. The number of carboxylic acids is 1. The summed E-state index contributed by atoms with van der Waals surface area (Å²) in [5.74, 6) is -0.969. The van der Waals surface area contributed by atoms with Crippen molar-refractivity contribution < 1.29 is 29.3 Å². The number of carbonyl (C=O) groups is 2. The van der Waals surface area contributed by atoms with Gasteiger partial charge in [-0.1, -0.05) is 11.6 Å². The van der Waals surface area contributed by atoms with Crippen molar-refractivity contribution >= 4 is 23.5 Å². The van der Waals surface area contributed by atoms with Crippen LogP contribution in [0, 0.1) is 0 Å². The average molecular weight is 316 g/mol. The minimum atomic E-state index is -1.51. The minimum absolute atomic E-state index is 0.0262. The van der Waals surface area contributed by atoms with Crippen LogP contribution in [0.15, 0.2) is 12.1 Å². The average Bonchev–Trinajstić information content (AvgIpc) is 2.46. The lowest BCUT2D eigenvalue weighted by molar-refractivity contribution is -0.146. The SMILES string of the molecule is O=C(NCCC(O)C(=O)O)c1cc(Cl)c2c(c1)OCCO2. The van der Waals surface area contributed by atoms with Crippen molar-refractivity contribution in [1.82, 2.24) is 5.32 Å². The minimum Gasteiger partial charge on any atom is -0.486 e. The molecule has 0 aromatic heterocycles. The van der Waals surface area contributed by atoms with Gasteiger partial charge in [-0.25, -0.2) is 4.79 Å². The summed E-state index contributed by atoms with van der Waals surface area (Å²) in [6, 6.07) is 2.95. The third kappa shape index (κ3) is 3.77. The van der Waals surface area contributed by atoms with Gasteiger partial charge < -0.3 is 25.0 Å². The van der Waals surface area contributed by atoms with E-state index in [1.807, 2.05) is 0 Å². The lowest BCUT2D eigenvalue weighted by Crippen LogP contribution is -2.30. The van der Waals surface area contributed by atoms with Crippen molar-refractivity contribution in [3.63, 3.8) is 0 Å². The molecule has 1 unspecified atom stereocenters. The molecule has 7 nitrogen and oxygen atoms in total. The normalized spacial score (nSPS) is 14.4. The summed E-state index contributed by atoms with van der Waals surface area (Å²) in [6.07, 6.45) is -1.59. The number of ether oxygens (including phenoxy) is 2. The van der Waals surface area contributed by atoms with Crippen molar-refractivity contribution in [2.45, 2.75) is 12.5 Å². The summed E-state index contributed by atoms with van der Waals surface area (Å²) in [6.45, 7) is 0.795. The number of rotatable bonds is 5. The predicted octanol–water partition coefficient (Wildman–Crippen LogP) is 0.677. The Balaban J connectivity index is 2.00. The largest absolute Gasteiger partial charge is 0.486 e. The van der Waals surface area contributed by atoms with Gasteiger partial charge in [0.25, 0.3) is 5.91 Å². The van der Waals surface area contributed by atoms with Gasteiger partial charge in [-0.05, 0) is 12.1 Å². The van der Waals surface area contributed by atoms with Crippen LogP contribution in [-0.2, 0) is 4.79 Å². The molecule has 1 heterocycles. The second-order valence-corrected chi connectivity index (χ2v) is 4.79. The first-order valence-electron chi connectivity index (χ1n) is 6.27. The van der Waals surface area contributed by atoms with Crippen LogP contribution in [0.5, 0.6) is 11.5 Å². The van der Waals surface area contributed by atoms with E-state index in [-0.39, 0.29) is 23.6 Å². The fourth-order valence-electron chi connectivity index (χ4n) is 1.79. The molecule has 0 aliphatic carbocycles. The lowest BCUT2D eigenvalue weighted by Gasteiger charge is -2.20. The van der Waals surface area contributed by atoms with Gasteiger partial charge in [0.05, 0.1) is 5.02 Å². The topological polar surface area (TPSA) is 105 Å². The number of halogens is 1. The van der Waals surface area contributed by atoms with Gasteiger partial charge in [0.2, 0.25) is 0 Å². The van der Waals surface area contributed by atoms with Crippen LogP contribution in [0.25, 0.3) is 0 Å². The van der Waals surface area contributed by atoms with Crippen LogP contribution in [0.3, 0.4) is 0 Å². The number of benzene rings is 1. The zero-order valence-electron chi connectivity index (χ0n) is 11.0. The fourth-order valence-corrected chi connectivity index (χ4v) is 2.06. The van der Waals surface area contributed by atoms with E-state index in [1.54, 1.807) is 0 Å². The molecule has 0 saturated heterocycles. The number of fused-ring (bicyclic) bond motifs is 1. The summed E-state index contributed by atoms with van der Waals surface area (Å²) >= 11 is 6.01. The molecule has 1 atom stereocenters. The number of hydrogen-bond acceptors (Lipinski definition) is 5. The van der Waals surface area contributed by atoms with Gasteiger partial charge in [0.1, 0.15) is 13.2 Å². The first-order valence-corrected chi connectivity index (χ1v) is 6.65. The highest BCUT2D eigenvalue weighted by Gasteiger charge is 2.19. The molecular formula is C13H14ClNO6. The Morgan fingerprint density at radius 3 is 2.76 bits per heavy atom. The fraction of sp³-hybridized carbons (Fsp3) is 0.385. The van der Waals surface area contributed by atoms with E-state index in [9.17, 15) is 9.59 Å². The van der Waals surface area contributed by atoms with Crippen LogP contribution < -0.4 is 14.8 Å². The van der Waals surface area contributed by atoms with E-state index in [0.717, 1.165) is 0 Å². The third-order valence-electron chi connectivity index (χ3n) is 2.85. The molecule has 0 bridgehead atoms. The van der Waals surface area contributed by atoms with Crippen molar-refractivity contribution in [2.75, 3.05) is 19.8 Å². The van der Waals surface area contributed by atoms with Gasteiger partial charge in [-0.3, -0.25) is 4.79 Å². The van der Waals surface area contributed by atoms with Crippen LogP contribution in [0.1, 0.15) is 16.8 Å². The predicted molar refractivity (Wildman–Crippen MR) is 73.0 cm³/mol. The molecular weight excluding hydrogens is 302 g/mol. The maximum absolute atomic E-state index is 11.9. The van der Waals surface area contributed by atoms with Crippen LogP contribution >= 0.6 is 11.6 Å². The highest BCUT2D eigenvalue weighted by molar-refractivity contribution is 6.32. The standard InChI is InChI=1S/C13H14ClNO6/c14-8-5-7(6-10-11(8)21-4-3-20-10)12(17)15-2-1-9(16)13(18)19/h5-6,9,16H,1-4H2,(H,15,17)(H,18,19). The van der Waals surface area contributed by atoms with E-state index < -0.39 is 18.0 Å². The summed E-state index contributed by atoms with van der Waals surface area (Å²) in [7, 11) is 0. The van der Waals surface area contributed by atoms with Crippen LogP contribution in [0.2, 0.25) is 5.02 Å². The van der Waals surface area contributed by atoms with Gasteiger partial charge in [0, 0.05) is 18.5 Å². The van der Waals surface area contributed by atoms with Gasteiger partial charge in [-0.15, -0.1) is 0 Å². The molecule has 21 heavy (non-hydrogen) atoms. The summed E-state index contributed by atoms with van der Waals surface area (Å²) in [5.41, 5.74) is 0.272. The Bertz CT molecular complexity index is 562. The van der Waals surface area contributed by atoms with E-state index in [1.165, 1.54) is 12.1 Å². The maximum atomic E-state index is 11.9. The molecule has 1 aromatic carbocycles. The van der Waals surface area contributed by atoms with E-state index >= 15 is 0 Å². The van der Waals surface area contributed by atoms with Gasteiger partial charge >= 0.3 is 5.97 Å². The number of aliphatic hydroxyl groups is 1. The van der Waals surface area contributed by atoms with Crippen molar-refractivity contribution in [3.05, 3.63) is 22.7 Å². The number of nitrogens with one attached hydrogen (secondary N) is 1. The zero-order valence-corrected chi connectivity index (χ0v) is 11.7. The lowest BCUT2D eigenvalue weighted by atomic mass is 10.1. The van der Waals surface area contributed by atoms with Crippen molar-refractivity contribution in [3.8, 4) is 11.5 Å². The van der Waals surface area contributed by atoms with Crippen LogP contribution in [0.4, 0.5) is 0 Å². The molecule has 1 amide bonds. The smallest absolute Gasteiger partial charge is 0.332 e. The molecule has 1 aromatic rings. The van der Waals surface area contributed by atoms with E-state index in [0.29, 0.717) is 24.7 Å². The number of hydrogen-bond donors (Lipinski definition) is 3. The molecule has 114 valence electrons. The molecule has 1 aliphatic heterocycles. The molecule has 8 heteroatoms. The molecule has 2 rings (SSSR count). The third-order valence-corrected chi connectivity index (χ3v) is 3.13. The Morgan fingerprint density at radius 1 is 1.33 bits per heavy atom.